The second-order valence-electron chi connectivity index (χ2n) is 5.74. The molecule has 5 nitrogen and oxygen atoms in total. The highest BCUT2D eigenvalue weighted by Crippen LogP contribution is 2.30. The Bertz CT molecular complexity index is 648. The van der Waals surface area contributed by atoms with Crippen LogP contribution in [0.1, 0.15) is 23.7 Å². The van der Waals surface area contributed by atoms with E-state index in [4.69, 9.17) is 11.6 Å². The summed E-state index contributed by atoms with van der Waals surface area (Å²) in [6.45, 7) is 2.08. The van der Waals surface area contributed by atoms with Crippen molar-refractivity contribution in [3.05, 3.63) is 28.8 Å². The molecule has 1 saturated heterocycles. The van der Waals surface area contributed by atoms with Crippen LogP contribution in [0.15, 0.2) is 18.2 Å². The molecule has 7 heteroatoms. The standard InChI is InChI=1S/C16H19ClN2O3S/c1-10(20)23-9-11-6-15(21)19(8-11)12-4-5-14(17)13(7-12)16(22)18(2)3/h4-5,7,11H,6,8-9H2,1-3H3. The van der Waals surface area contributed by atoms with Crippen LogP contribution in [-0.4, -0.2) is 48.2 Å². The van der Waals surface area contributed by atoms with Crippen LogP contribution in [0.4, 0.5) is 5.69 Å². The van der Waals surface area contributed by atoms with Crippen molar-refractivity contribution in [2.75, 3.05) is 31.3 Å². The zero-order valence-electron chi connectivity index (χ0n) is 13.3. The zero-order valence-corrected chi connectivity index (χ0v) is 14.9. The van der Waals surface area contributed by atoms with Crippen LogP contribution in [0.25, 0.3) is 0 Å². The summed E-state index contributed by atoms with van der Waals surface area (Å²) < 4.78 is 0. The average molecular weight is 355 g/mol. The number of benzene rings is 1. The fourth-order valence-electron chi connectivity index (χ4n) is 2.46. The number of amides is 2. The number of thioether (sulfide) groups is 1. The number of hydrogen-bond donors (Lipinski definition) is 0. The molecule has 0 radical (unpaired) electrons. The molecule has 1 fully saturated rings. The highest BCUT2D eigenvalue weighted by Gasteiger charge is 2.31. The van der Waals surface area contributed by atoms with E-state index >= 15 is 0 Å². The van der Waals surface area contributed by atoms with Crippen LogP contribution in [0.5, 0.6) is 0 Å². The minimum Gasteiger partial charge on any atom is -0.345 e. The van der Waals surface area contributed by atoms with E-state index in [0.717, 1.165) is 0 Å². The van der Waals surface area contributed by atoms with Crippen LogP contribution < -0.4 is 4.90 Å². The van der Waals surface area contributed by atoms with Gasteiger partial charge in [0.25, 0.3) is 5.91 Å². The van der Waals surface area contributed by atoms with Gasteiger partial charge in [0.05, 0.1) is 10.6 Å². The summed E-state index contributed by atoms with van der Waals surface area (Å²) in [6.07, 6.45) is 0.417. The lowest BCUT2D eigenvalue weighted by atomic mass is 10.1. The monoisotopic (exact) mass is 354 g/mol. The van der Waals surface area contributed by atoms with Crippen molar-refractivity contribution in [3.8, 4) is 0 Å². The number of carbonyl (C=O) groups is 3. The van der Waals surface area contributed by atoms with Gasteiger partial charge in [0, 0.05) is 45.4 Å². The van der Waals surface area contributed by atoms with Gasteiger partial charge >= 0.3 is 0 Å². The summed E-state index contributed by atoms with van der Waals surface area (Å²) in [5, 5.41) is 0.420. The first-order chi connectivity index (χ1) is 10.8. The van der Waals surface area contributed by atoms with Gasteiger partial charge in [-0.05, 0) is 24.1 Å². The molecule has 0 spiro atoms. The number of halogens is 1. The first-order valence-corrected chi connectivity index (χ1v) is 8.61. The number of nitrogens with zero attached hydrogens (tertiary/aromatic N) is 2. The van der Waals surface area contributed by atoms with E-state index in [-0.39, 0.29) is 22.8 Å². The van der Waals surface area contributed by atoms with Crippen molar-refractivity contribution in [3.63, 3.8) is 0 Å². The summed E-state index contributed by atoms with van der Waals surface area (Å²) in [5.41, 5.74) is 1.04. The van der Waals surface area contributed by atoms with Crippen molar-refractivity contribution in [2.24, 2.45) is 5.92 Å². The molecule has 0 N–H and O–H groups in total. The third-order valence-electron chi connectivity index (χ3n) is 3.63. The Hall–Kier alpha value is -1.53. The van der Waals surface area contributed by atoms with Crippen LogP contribution in [0.3, 0.4) is 0 Å². The Morgan fingerprint density at radius 2 is 2.09 bits per heavy atom. The summed E-state index contributed by atoms with van der Waals surface area (Å²) in [4.78, 5) is 38.6. The SMILES string of the molecule is CC(=O)SCC1CC(=O)N(c2ccc(Cl)c(C(=O)N(C)C)c2)C1. The highest BCUT2D eigenvalue weighted by atomic mass is 35.5. The second kappa shape index (κ2) is 7.36. The lowest BCUT2D eigenvalue weighted by Gasteiger charge is -2.19. The Morgan fingerprint density at radius 1 is 1.39 bits per heavy atom. The quantitative estimate of drug-likeness (QED) is 0.834. The van der Waals surface area contributed by atoms with E-state index in [2.05, 4.69) is 0 Å². The van der Waals surface area contributed by atoms with Gasteiger partial charge in [0.15, 0.2) is 5.12 Å². The minimum atomic E-state index is -0.202. The summed E-state index contributed by atoms with van der Waals surface area (Å²) >= 11 is 7.34. The molecule has 2 amide bonds. The van der Waals surface area contributed by atoms with Gasteiger partial charge < -0.3 is 9.80 Å². The predicted molar refractivity (Wildman–Crippen MR) is 93.1 cm³/mol. The van der Waals surface area contributed by atoms with Gasteiger partial charge in [-0.2, -0.15) is 0 Å². The minimum absolute atomic E-state index is 0.00438. The van der Waals surface area contributed by atoms with Crippen LogP contribution in [-0.2, 0) is 9.59 Å². The second-order valence-corrected chi connectivity index (χ2v) is 7.34. The molecule has 1 aliphatic heterocycles. The van der Waals surface area contributed by atoms with Crippen molar-refractivity contribution in [1.29, 1.82) is 0 Å². The molecule has 0 aromatic heterocycles. The smallest absolute Gasteiger partial charge is 0.254 e. The van der Waals surface area contributed by atoms with E-state index < -0.39 is 0 Å². The molecule has 1 aromatic rings. The summed E-state index contributed by atoms with van der Waals surface area (Å²) in [5.74, 6) is 0.575. The molecule has 2 rings (SSSR count). The third kappa shape index (κ3) is 4.26. The molecule has 1 heterocycles. The van der Waals surface area contributed by atoms with Crippen molar-refractivity contribution >= 4 is 46.0 Å². The Labute approximate surface area is 145 Å². The summed E-state index contributed by atoms with van der Waals surface area (Å²) in [7, 11) is 3.31. The lowest BCUT2D eigenvalue weighted by Crippen LogP contribution is -2.26. The number of rotatable bonds is 4. The van der Waals surface area contributed by atoms with Gasteiger partial charge in [-0.3, -0.25) is 14.4 Å². The first-order valence-electron chi connectivity index (χ1n) is 7.24. The van der Waals surface area contributed by atoms with E-state index in [9.17, 15) is 14.4 Å². The fraction of sp³-hybridized carbons (Fsp3) is 0.438. The maximum Gasteiger partial charge on any atom is 0.254 e. The van der Waals surface area contributed by atoms with E-state index in [1.165, 1.54) is 23.6 Å². The largest absolute Gasteiger partial charge is 0.345 e. The zero-order chi connectivity index (χ0) is 17.1. The molecule has 1 unspecified atom stereocenters. The van der Waals surface area contributed by atoms with Gasteiger partial charge in [-0.25, -0.2) is 0 Å². The number of carbonyl (C=O) groups excluding carboxylic acids is 3. The average Bonchev–Trinajstić information content (AvgIpc) is 2.86. The van der Waals surface area contributed by atoms with Crippen molar-refractivity contribution < 1.29 is 14.4 Å². The van der Waals surface area contributed by atoms with Gasteiger partial charge in [-0.1, -0.05) is 23.4 Å². The molecular formula is C16H19ClN2O3S. The van der Waals surface area contributed by atoms with Crippen molar-refractivity contribution in [2.45, 2.75) is 13.3 Å². The Kier molecular flexibility index (Phi) is 5.70. The lowest BCUT2D eigenvalue weighted by molar-refractivity contribution is -0.117. The van der Waals surface area contributed by atoms with E-state index in [1.54, 1.807) is 37.2 Å². The molecular weight excluding hydrogens is 336 g/mol. The highest BCUT2D eigenvalue weighted by molar-refractivity contribution is 8.13. The van der Waals surface area contributed by atoms with Gasteiger partial charge in [0.1, 0.15) is 0 Å². The van der Waals surface area contributed by atoms with Crippen LogP contribution in [0.2, 0.25) is 5.02 Å². The Morgan fingerprint density at radius 3 is 2.70 bits per heavy atom. The molecule has 1 atom stereocenters. The summed E-state index contributed by atoms with van der Waals surface area (Å²) in [6, 6.07) is 5.04. The molecule has 0 saturated carbocycles. The third-order valence-corrected chi connectivity index (χ3v) is 5.00. The molecule has 1 aromatic carbocycles. The molecule has 1 aliphatic rings. The number of anilines is 1. The maximum atomic E-state index is 12.2. The first kappa shape index (κ1) is 17.8. The van der Waals surface area contributed by atoms with E-state index in [0.29, 0.717) is 35.0 Å². The van der Waals surface area contributed by atoms with Crippen molar-refractivity contribution in [1.82, 2.24) is 4.90 Å². The number of hydrogen-bond acceptors (Lipinski definition) is 4. The van der Waals surface area contributed by atoms with Crippen LogP contribution >= 0.6 is 23.4 Å². The van der Waals surface area contributed by atoms with Gasteiger partial charge in [0.2, 0.25) is 5.91 Å². The van der Waals surface area contributed by atoms with Crippen LogP contribution in [0, 0.1) is 5.92 Å². The molecule has 23 heavy (non-hydrogen) atoms. The predicted octanol–water partition coefficient (Wildman–Crippen LogP) is 2.67. The topological polar surface area (TPSA) is 57.7 Å². The van der Waals surface area contributed by atoms with Gasteiger partial charge in [-0.15, -0.1) is 0 Å². The normalized spacial score (nSPS) is 17.5. The fourth-order valence-corrected chi connectivity index (χ4v) is 3.36. The Balaban J connectivity index is 2.19. The van der Waals surface area contributed by atoms with E-state index in [1.807, 2.05) is 0 Å². The molecule has 0 aliphatic carbocycles. The molecule has 124 valence electrons. The maximum absolute atomic E-state index is 12.2. The molecule has 0 bridgehead atoms.